The van der Waals surface area contributed by atoms with Crippen LogP contribution in [-0.2, 0) is 15.9 Å². The predicted molar refractivity (Wildman–Crippen MR) is 68.2 cm³/mol. The number of aryl methyl sites for hydroxylation is 2. The molecule has 0 aliphatic carbocycles. The molecular weight excluding hydrogens is 319 g/mol. The summed E-state index contributed by atoms with van der Waals surface area (Å²) in [6.45, 7) is 2.40. The van der Waals surface area contributed by atoms with Crippen LogP contribution in [0, 0.1) is 13.8 Å². The second kappa shape index (κ2) is 5.95. The summed E-state index contributed by atoms with van der Waals surface area (Å²) in [6.07, 6.45) is -4.61. The molecule has 20 heavy (non-hydrogen) atoms. The molecule has 0 bridgehead atoms. The number of hydrogen-bond acceptors (Lipinski definition) is 3. The van der Waals surface area contributed by atoms with Gasteiger partial charge in [-0.2, -0.15) is 17.5 Å². The van der Waals surface area contributed by atoms with E-state index in [4.69, 9.17) is 16.0 Å². The second-order valence-electron chi connectivity index (χ2n) is 4.20. The maximum absolute atomic E-state index is 12.5. The molecule has 0 saturated carbocycles. The zero-order valence-corrected chi connectivity index (χ0v) is 12.8. The van der Waals surface area contributed by atoms with Crippen molar-refractivity contribution in [2.24, 2.45) is 0 Å². The van der Waals surface area contributed by atoms with Crippen molar-refractivity contribution >= 4 is 21.6 Å². The largest absolute Gasteiger partial charge is 0.465 e. The van der Waals surface area contributed by atoms with Gasteiger partial charge in [0.2, 0.25) is 10.0 Å². The van der Waals surface area contributed by atoms with E-state index in [1.165, 1.54) is 20.8 Å². The van der Waals surface area contributed by atoms with Crippen LogP contribution in [0.1, 0.15) is 24.0 Å². The maximum atomic E-state index is 12.5. The van der Waals surface area contributed by atoms with Crippen LogP contribution in [0.5, 0.6) is 0 Å². The summed E-state index contributed by atoms with van der Waals surface area (Å²) in [5, 5.41) is 0. The predicted octanol–water partition coefficient (Wildman–Crippen LogP) is 3.21. The molecule has 0 amide bonds. The molecule has 0 atom stereocenters. The Hall–Kier alpha value is -0.730. The van der Waals surface area contributed by atoms with Crippen LogP contribution in [0.3, 0.4) is 0 Å². The number of rotatable bonds is 5. The lowest BCUT2D eigenvalue weighted by molar-refractivity contribution is -0.135. The second-order valence-corrected chi connectivity index (χ2v) is 6.34. The normalized spacial score (nSPS) is 13.2. The summed E-state index contributed by atoms with van der Waals surface area (Å²) >= 11 is 5.67. The molecule has 0 aliphatic heterocycles. The molecule has 9 heteroatoms. The van der Waals surface area contributed by atoms with Crippen molar-refractivity contribution < 1.29 is 26.0 Å². The number of furan rings is 1. The molecule has 1 aromatic rings. The quantitative estimate of drug-likeness (QED) is 0.777. The van der Waals surface area contributed by atoms with Gasteiger partial charge in [0.15, 0.2) is 0 Å². The van der Waals surface area contributed by atoms with Crippen LogP contribution in [0.15, 0.2) is 9.31 Å². The summed E-state index contributed by atoms with van der Waals surface area (Å²) in [5.74, 6) is 0.180. The summed E-state index contributed by atoms with van der Waals surface area (Å²) < 4.78 is 67.7. The Morgan fingerprint density at radius 3 is 2.20 bits per heavy atom. The van der Waals surface area contributed by atoms with Gasteiger partial charge in [-0.15, -0.1) is 11.6 Å². The Balaban J connectivity index is 3.35. The molecule has 0 unspecified atom stereocenters. The third-order valence-corrected chi connectivity index (χ3v) is 5.15. The molecule has 0 spiro atoms. The van der Waals surface area contributed by atoms with Crippen molar-refractivity contribution in [3.63, 3.8) is 0 Å². The smallest absolute Gasteiger partial charge is 0.402 e. The van der Waals surface area contributed by atoms with Gasteiger partial charge < -0.3 is 4.42 Å². The Bertz CT molecular complexity index is 580. The van der Waals surface area contributed by atoms with Crippen LogP contribution >= 0.6 is 11.6 Å². The van der Waals surface area contributed by atoms with E-state index in [1.54, 1.807) is 0 Å². The highest BCUT2D eigenvalue weighted by molar-refractivity contribution is 7.89. The van der Waals surface area contributed by atoms with Gasteiger partial charge in [0, 0.05) is 12.1 Å². The van der Waals surface area contributed by atoms with E-state index in [0.717, 1.165) is 0 Å². The fourth-order valence-electron chi connectivity index (χ4n) is 1.90. The molecule has 1 rings (SSSR count). The standard InChI is InChI=1S/C11H15ClF3NO3S/c1-4-16(6-11(13,14)15)20(17,18)10-8(3)19-7(2)9(10)5-12/h4-6H2,1-3H3. The van der Waals surface area contributed by atoms with Crippen molar-refractivity contribution in [2.75, 3.05) is 13.1 Å². The molecule has 116 valence electrons. The monoisotopic (exact) mass is 333 g/mol. The number of halogens is 4. The highest BCUT2D eigenvalue weighted by atomic mass is 35.5. The lowest BCUT2D eigenvalue weighted by atomic mass is 10.3. The molecule has 1 heterocycles. The first kappa shape index (κ1) is 17.3. The molecule has 0 aromatic carbocycles. The van der Waals surface area contributed by atoms with Gasteiger partial charge in [0.1, 0.15) is 23.0 Å². The maximum Gasteiger partial charge on any atom is 0.402 e. The van der Waals surface area contributed by atoms with E-state index in [0.29, 0.717) is 10.1 Å². The first-order chi connectivity index (χ1) is 9.04. The third-order valence-electron chi connectivity index (χ3n) is 2.76. The average Bonchev–Trinajstić information content (AvgIpc) is 2.59. The number of hydrogen-bond donors (Lipinski definition) is 0. The lowest BCUT2D eigenvalue weighted by Crippen LogP contribution is -2.39. The lowest BCUT2D eigenvalue weighted by Gasteiger charge is -2.22. The van der Waals surface area contributed by atoms with Crippen LogP contribution in [-0.4, -0.2) is 32.0 Å². The highest BCUT2D eigenvalue weighted by Gasteiger charge is 2.38. The molecule has 0 radical (unpaired) electrons. The Morgan fingerprint density at radius 2 is 1.80 bits per heavy atom. The van der Waals surface area contributed by atoms with Gasteiger partial charge in [-0.3, -0.25) is 0 Å². The Morgan fingerprint density at radius 1 is 1.25 bits per heavy atom. The molecule has 0 saturated heterocycles. The fraction of sp³-hybridized carbons (Fsp3) is 0.636. The van der Waals surface area contributed by atoms with Crippen molar-refractivity contribution in [1.82, 2.24) is 4.31 Å². The topological polar surface area (TPSA) is 50.5 Å². The van der Waals surface area contributed by atoms with Gasteiger partial charge in [-0.25, -0.2) is 8.42 Å². The molecule has 1 aromatic heterocycles. The SMILES string of the molecule is CCN(CC(F)(F)F)S(=O)(=O)c1c(C)oc(C)c1CCl. The van der Waals surface area contributed by atoms with Gasteiger partial charge in [-0.1, -0.05) is 6.92 Å². The zero-order valence-electron chi connectivity index (χ0n) is 11.2. The van der Waals surface area contributed by atoms with E-state index in [1.807, 2.05) is 0 Å². The van der Waals surface area contributed by atoms with Crippen LogP contribution in [0.4, 0.5) is 13.2 Å². The molecule has 0 N–H and O–H groups in total. The van der Waals surface area contributed by atoms with E-state index in [2.05, 4.69) is 0 Å². The third kappa shape index (κ3) is 3.48. The van der Waals surface area contributed by atoms with E-state index < -0.39 is 22.7 Å². The van der Waals surface area contributed by atoms with Crippen LogP contribution in [0.25, 0.3) is 0 Å². The Kier molecular flexibility index (Phi) is 5.15. The minimum atomic E-state index is -4.61. The Labute approximate surface area is 120 Å². The molecule has 0 fully saturated rings. The van der Waals surface area contributed by atoms with E-state index in [9.17, 15) is 21.6 Å². The van der Waals surface area contributed by atoms with Gasteiger partial charge in [0.25, 0.3) is 0 Å². The van der Waals surface area contributed by atoms with E-state index in [-0.39, 0.29) is 28.6 Å². The highest BCUT2D eigenvalue weighted by Crippen LogP contribution is 2.31. The van der Waals surface area contributed by atoms with Gasteiger partial charge in [-0.05, 0) is 13.8 Å². The van der Waals surface area contributed by atoms with Gasteiger partial charge >= 0.3 is 6.18 Å². The summed E-state index contributed by atoms with van der Waals surface area (Å²) in [4.78, 5) is -0.267. The number of nitrogens with zero attached hydrogens (tertiary/aromatic N) is 1. The fourth-order valence-corrected chi connectivity index (χ4v) is 4.15. The van der Waals surface area contributed by atoms with Crippen molar-refractivity contribution in [3.05, 3.63) is 17.1 Å². The number of sulfonamides is 1. The van der Waals surface area contributed by atoms with Gasteiger partial charge in [0.05, 0.1) is 5.88 Å². The van der Waals surface area contributed by atoms with Crippen molar-refractivity contribution in [3.8, 4) is 0 Å². The molecule has 4 nitrogen and oxygen atoms in total. The number of alkyl halides is 4. The van der Waals surface area contributed by atoms with Crippen molar-refractivity contribution in [1.29, 1.82) is 0 Å². The summed E-state index contributed by atoms with van der Waals surface area (Å²) in [6, 6.07) is 0. The molecular formula is C11H15ClF3NO3S. The minimum absolute atomic E-state index is 0.0405. The van der Waals surface area contributed by atoms with E-state index >= 15 is 0 Å². The average molecular weight is 334 g/mol. The first-order valence-corrected chi connectivity index (χ1v) is 7.73. The zero-order chi connectivity index (χ0) is 15.7. The summed E-state index contributed by atoms with van der Waals surface area (Å²) in [5.41, 5.74) is 0.199. The molecule has 0 aliphatic rings. The minimum Gasteiger partial charge on any atom is -0.465 e. The van der Waals surface area contributed by atoms with Crippen molar-refractivity contribution in [2.45, 2.75) is 37.7 Å². The summed E-state index contributed by atoms with van der Waals surface area (Å²) in [7, 11) is -4.30. The van der Waals surface area contributed by atoms with Crippen LogP contribution < -0.4 is 0 Å². The van der Waals surface area contributed by atoms with Crippen LogP contribution in [0.2, 0.25) is 0 Å². The first-order valence-electron chi connectivity index (χ1n) is 5.76.